The minimum atomic E-state index is -5.72. The van der Waals surface area contributed by atoms with Crippen molar-refractivity contribution in [2.24, 2.45) is 0 Å². The van der Waals surface area contributed by atoms with E-state index >= 15 is 0 Å². The third-order valence-electron chi connectivity index (χ3n) is 2.61. The van der Waals surface area contributed by atoms with E-state index in [0.29, 0.717) is 0 Å². The summed E-state index contributed by atoms with van der Waals surface area (Å²) in [7, 11) is 0. The molecule has 0 radical (unpaired) electrons. The minimum Gasteiger partial charge on any atom is -0.435 e. The number of rotatable bonds is 8. The van der Waals surface area contributed by atoms with Crippen LogP contribution in [0.15, 0.2) is 0 Å². The predicted octanol–water partition coefficient (Wildman–Crippen LogP) is 5.39. The molecule has 0 saturated heterocycles. The molecule has 0 aliphatic heterocycles. The molecule has 0 N–H and O–H groups in total. The van der Waals surface area contributed by atoms with Gasteiger partial charge in [0.15, 0.2) is 13.2 Å². The zero-order valence-corrected chi connectivity index (χ0v) is 16.0. The first-order chi connectivity index (χ1) is 14.2. The molecule has 0 aromatic rings. The Labute approximate surface area is 171 Å². The van der Waals surface area contributed by atoms with Crippen LogP contribution in [0.2, 0.25) is 0 Å². The molecule has 6 nitrogen and oxygen atoms in total. The van der Waals surface area contributed by atoms with E-state index in [1.54, 1.807) is 0 Å². The van der Waals surface area contributed by atoms with Gasteiger partial charge in [-0.15, -0.1) is 0 Å². The van der Waals surface area contributed by atoms with Crippen molar-refractivity contribution < 1.29 is 81.2 Å². The largest absolute Gasteiger partial charge is 0.508 e. The first-order valence-electron chi connectivity index (χ1n) is 7.98. The summed E-state index contributed by atoms with van der Waals surface area (Å²) in [6, 6.07) is 0. The van der Waals surface area contributed by atoms with E-state index in [1.807, 2.05) is 0 Å². The fraction of sp³-hybridized carbons (Fsp3) is 0.857. The van der Waals surface area contributed by atoms with Crippen molar-refractivity contribution >= 4 is 12.3 Å². The van der Waals surface area contributed by atoms with Crippen LogP contribution in [-0.2, 0) is 18.9 Å². The quantitative estimate of drug-likeness (QED) is 0.324. The number of carbonyl (C=O) groups is 2. The van der Waals surface area contributed by atoms with Gasteiger partial charge in [-0.05, 0) is 13.8 Å². The Bertz CT molecular complexity index is 528. The molecule has 0 fully saturated rings. The Morgan fingerprint density at radius 1 is 0.594 bits per heavy atom. The third kappa shape index (κ3) is 12.5. The molecule has 0 bridgehead atoms. The van der Waals surface area contributed by atoms with Crippen molar-refractivity contribution in [3.05, 3.63) is 0 Å². The van der Waals surface area contributed by atoms with E-state index in [1.165, 1.54) is 13.8 Å². The van der Waals surface area contributed by atoms with E-state index in [0.717, 1.165) is 0 Å². The topological polar surface area (TPSA) is 71.1 Å². The summed E-state index contributed by atoms with van der Waals surface area (Å²) in [4.78, 5) is 20.8. The second-order valence-electron chi connectivity index (χ2n) is 5.27. The van der Waals surface area contributed by atoms with Gasteiger partial charge in [0, 0.05) is 0 Å². The molecule has 0 aromatic heterocycles. The SMILES string of the molecule is CCOC(=O)OCC(F)(F)C(F)C(F)(F)F.CCOC(=O)OCC(F)(F)C(F)C(F)(F)F. The van der Waals surface area contributed by atoms with Crippen molar-refractivity contribution in [2.75, 3.05) is 26.4 Å². The fourth-order valence-electron chi connectivity index (χ4n) is 1.25. The van der Waals surface area contributed by atoms with Crippen LogP contribution < -0.4 is 0 Å². The van der Waals surface area contributed by atoms with Gasteiger partial charge in [0.2, 0.25) is 0 Å². The Morgan fingerprint density at radius 3 is 1.03 bits per heavy atom. The van der Waals surface area contributed by atoms with Crippen molar-refractivity contribution in [3.8, 4) is 0 Å². The van der Waals surface area contributed by atoms with Crippen LogP contribution in [-0.4, -0.2) is 75.3 Å². The van der Waals surface area contributed by atoms with E-state index in [2.05, 4.69) is 18.9 Å². The van der Waals surface area contributed by atoms with E-state index in [-0.39, 0.29) is 13.2 Å². The standard InChI is InChI=1S/2C7H8F6O3/c2*1-2-15-5(14)16-3-6(9,10)4(8)7(11,12)13/h2*4H,2-3H2,1H3. The molecule has 2 unspecified atom stereocenters. The molecule has 2 atom stereocenters. The molecule has 0 aliphatic rings. The normalized spacial score (nSPS) is 14.4. The van der Waals surface area contributed by atoms with Crippen LogP contribution >= 0.6 is 0 Å². The highest BCUT2D eigenvalue weighted by Crippen LogP contribution is 2.36. The highest BCUT2D eigenvalue weighted by atomic mass is 19.4. The molecule has 0 amide bonds. The second-order valence-corrected chi connectivity index (χ2v) is 5.27. The Morgan fingerprint density at radius 2 is 0.844 bits per heavy atom. The molecule has 0 aromatic carbocycles. The van der Waals surface area contributed by atoms with Crippen LogP contribution in [0.25, 0.3) is 0 Å². The number of halogens is 12. The van der Waals surface area contributed by atoms with E-state index in [4.69, 9.17) is 0 Å². The molecule has 32 heavy (non-hydrogen) atoms. The average molecular weight is 508 g/mol. The molecule has 192 valence electrons. The van der Waals surface area contributed by atoms with Gasteiger partial charge in [-0.2, -0.15) is 43.9 Å². The number of ether oxygens (including phenoxy) is 4. The van der Waals surface area contributed by atoms with E-state index < -0.39 is 62.1 Å². The van der Waals surface area contributed by atoms with Gasteiger partial charge in [0.25, 0.3) is 12.3 Å². The zero-order valence-electron chi connectivity index (χ0n) is 16.0. The lowest BCUT2D eigenvalue weighted by molar-refractivity contribution is -0.253. The van der Waals surface area contributed by atoms with Gasteiger partial charge in [-0.25, -0.2) is 18.4 Å². The number of alkyl halides is 12. The summed E-state index contributed by atoms with van der Waals surface area (Å²) >= 11 is 0. The molecule has 0 saturated carbocycles. The number of hydrogen-bond donors (Lipinski definition) is 0. The second kappa shape index (κ2) is 12.7. The summed E-state index contributed by atoms with van der Waals surface area (Å²) < 4.78 is 159. The van der Waals surface area contributed by atoms with Gasteiger partial charge in [-0.1, -0.05) is 0 Å². The van der Waals surface area contributed by atoms with Gasteiger partial charge in [0.1, 0.15) is 0 Å². The summed E-state index contributed by atoms with van der Waals surface area (Å²) in [6.07, 6.45) is -23.4. The van der Waals surface area contributed by atoms with Crippen molar-refractivity contribution in [3.63, 3.8) is 0 Å². The smallest absolute Gasteiger partial charge is 0.435 e. The average Bonchev–Trinajstić information content (AvgIpc) is 2.63. The zero-order chi connectivity index (χ0) is 26.0. The molecule has 18 heteroatoms. The molecular formula is C14H16F12O6. The van der Waals surface area contributed by atoms with Gasteiger partial charge < -0.3 is 18.9 Å². The van der Waals surface area contributed by atoms with Crippen LogP contribution in [0.3, 0.4) is 0 Å². The third-order valence-corrected chi connectivity index (χ3v) is 2.61. The Hall–Kier alpha value is -2.30. The summed E-state index contributed by atoms with van der Waals surface area (Å²) in [5, 5.41) is 0. The van der Waals surface area contributed by atoms with Gasteiger partial charge in [0.05, 0.1) is 13.2 Å². The van der Waals surface area contributed by atoms with Crippen LogP contribution in [0.1, 0.15) is 13.8 Å². The Kier molecular flexibility index (Phi) is 12.6. The number of carbonyl (C=O) groups excluding carboxylic acids is 2. The lowest BCUT2D eigenvalue weighted by atomic mass is 10.2. The highest BCUT2D eigenvalue weighted by molar-refractivity contribution is 5.60. The lowest BCUT2D eigenvalue weighted by Crippen LogP contribution is -2.45. The van der Waals surface area contributed by atoms with Crippen molar-refractivity contribution in [2.45, 2.75) is 50.4 Å². The van der Waals surface area contributed by atoms with Crippen LogP contribution in [0.5, 0.6) is 0 Å². The summed E-state index contributed by atoms with van der Waals surface area (Å²) in [6.45, 7) is -1.83. The molecule has 0 rings (SSSR count). The highest BCUT2D eigenvalue weighted by Gasteiger charge is 2.58. The maximum absolute atomic E-state index is 12.5. The maximum Gasteiger partial charge on any atom is 0.508 e. The monoisotopic (exact) mass is 508 g/mol. The summed E-state index contributed by atoms with van der Waals surface area (Å²) in [5.41, 5.74) is 0. The Balaban J connectivity index is 0. The molecule has 0 aliphatic carbocycles. The first-order valence-corrected chi connectivity index (χ1v) is 7.98. The fourth-order valence-corrected chi connectivity index (χ4v) is 1.25. The van der Waals surface area contributed by atoms with Gasteiger partial charge in [-0.3, -0.25) is 0 Å². The van der Waals surface area contributed by atoms with Crippen LogP contribution in [0, 0.1) is 0 Å². The number of hydrogen-bond acceptors (Lipinski definition) is 6. The molecule has 0 spiro atoms. The maximum atomic E-state index is 12.5. The van der Waals surface area contributed by atoms with Crippen molar-refractivity contribution in [1.82, 2.24) is 0 Å². The first kappa shape index (κ1) is 31.9. The lowest BCUT2D eigenvalue weighted by Gasteiger charge is -2.21. The van der Waals surface area contributed by atoms with E-state index in [9.17, 15) is 62.3 Å². The predicted molar refractivity (Wildman–Crippen MR) is 77.7 cm³/mol. The molecule has 0 heterocycles. The van der Waals surface area contributed by atoms with Crippen LogP contribution in [0.4, 0.5) is 62.3 Å². The molecular weight excluding hydrogens is 492 g/mol. The minimum absolute atomic E-state index is 0.206. The summed E-state index contributed by atoms with van der Waals surface area (Å²) in [5.74, 6) is -9.68. The van der Waals surface area contributed by atoms with Crippen molar-refractivity contribution in [1.29, 1.82) is 0 Å². The van der Waals surface area contributed by atoms with Gasteiger partial charge >= 0.3 is 36.5 Å².